The largest absolute Gasteiger partial charge is 0.351 e. The summed E-state index contributed by atoms with van der Waals surface area (Å²) in [5.74, 6) is -0.412. The highest BCUT2D eigenvalue weighted by atomic mass is 16.7. The van der Waals surface area contributed by atoms with Crippen molar-refractivity contribution in [3.63, 3.8) is 0 Å². The van der Waals surface area contributed by atoms with Crippen LogP contribution in [0.5, 0.6) is 0 Å². The van der Waals surface area contributed by atoms with Crippen LogP contribution in [0.15, 0.2) is 30.3 Å². The highest BCUT2D eigenvalue weighted by Crippen LogP contribution is 2.18. The monoisotopic (exact) mass is 293 g/mol. The zero-order chi connectivity index (χ0) is 15.9. The van der Waals surface area contributed by atoms with E-state index >= 15 is 0 Å². The quantitative estimate of drug-likeness (QED) is 0.817. The smallest absolute Gasteiger partial charge is 0.334 e. The second-order valence-corrected chi connectivity index (χ2v) is 6.01. The molecule has 0 radical (unpaired) electrons. The summed E-state index contributed by atoms with van der Waals surface area (Å²) < 4.78 is 0. The molecule has 0 aliphatic carbocycles. The zero-order valence-electron chi connectivity index (χ0n) is 13.0. The van der Waals surface area contributed by atoms with Gasteiger partial charge in [0.05, 0.1) is 6.42 Å². The van der Waals surface area contributed by atoms with Gasteiger partial charge in [-0.05, 0) is 11.0 Å². The second-order valence-electron chi connectivity index (χ2n) is 6.01. The van der Waals surface area contributed by atoms with Crippen molar-refractivity contribution in [3.05, 3.63) is 35.9 Å². The molecule has 0 fully saturated rings. The summed E-state index contributed by atoms with van der Waals surface area (Å²) in [5, 5.41) is 3.79. The molecule has 0 unspecified atom stereocenters. The van der Waals surface area contributed by atoms with E-state index in [9.17, 15) is 9.59 Å². The van der Waals surface area contributed by atoms with Gasteiger partial charge >= 0.3 is 12.0 Å². The standard InChI is InChI=1S/C15H23N3O3/c1-15(2,3)10-13(19)21-17-18(4)14(20)16-11-12-8-6-5-7-9-12/h5-9,17H,10-11H2,1-4H3,(H,16,20). The summed E-state index contributed by atoms with van der Waals surface area (Å²) in [5.41, 5.74) is 3.14. The van der Waals surface area contributed by atoms with Crippen LogP contribution in [0.4, 0.5) is 4.79 Å². The molecule has 0 saturated carbocycles. The van der Waals surface area contributed by atoms with Crippen molar-refractivity contribution in [1.82, 2.24) is 15.9 Å². The van der Waals surface area contributed by atoms with Crippen LogP contribution in [0, 0.1) is 5.41 Å². The Morgan fingerprint density at radius 1 is 1.19 bits per heavy atom. The first-order valence-electron chi connectivity index (χ1n) is 6.79. The predicted octanol–water partition coefficient (Wildman–Crippen LogP) is 2.23. The van der Waals surface area contributed by atoms with Crippen molar-refractivity contribution in [2.24, 2.45) is 5.41 Å². The number of benzene rings is 1. The number of carbonyl (C=O) groups is 2. The molecular formula is C15H23N3O3. The number of carbonyl (C=O) groups excluding carboxylic acids is 2. The molecule has 0 heterocycles. The highest BCUT2D eigenvalue weighted by Gasteiger charge is 2.18. The summed E-state index contributed by atoms with van der Waals surface area (Å²) >= 11 is 0. The lowest BCUT2D eigenvalue weighted by Gasteiger charge is -2.20. The minimum atomic E-state index is -0.412. The van der Waals surface area contributed by atoms with Gasteiger partial charge in [0.1, 0.15) is 0 Å². The summed E-state index contributed by atoms with van der Waals surface area (Å²) in [6.45, 7) is 6.21. The van der Waals surface area contributed by atoms with E-state index in [1.165, 1.54) is 7.05 Å². The van der Waals surface area contributed by atoms with Crippen LogP contribution in [0.2, 0.25) is 0 Å². The van der Waals surface area contributed by atoms with Gasteiger partial charge < -0.3 is 10.2 Å². The first kappa shape index (κ1) is 17.0. The molecule has 0 aliphatic heterocycles. The average molecular weight is 293 g/mol. The van der Waals surface area contributed by atoms with Crippen LogP contribution in [0.3, 0.4) is 0 Å². The number of hydrazine groups is 1. The van der Waals surface area contributed by atoms with Crippen molar-refractivity contribution in [2.45, 2.75) is 33.7 Å². The van der Waals surface area contributed by atoms with E-state index in [1.54, 1.807) is 0 Å². The van der Waals surface area contributed by atoms with E-state index in [0.717, 1.165) is 10.6 Å². The molecule has 2 N–H and O–H groups in total. The molecule has 0 bridgehead atoms. The van der Waals surface area contributed by atoms with Gasteiger partial charge in [0.15, 0.2) is 0 Å². The first-order valence-corrected chi connectivity index (χ1v) is 6.79. The molecule has 1 aromatic rings. The van der Waals surface area contributed by atoms with Crippen LogP contribution >= 0.6 is 0 Å². The molecule has 0 saturated heterocycles. The van der Waals surface area contributed by atoms with Gasteiger partial charge in [0.2, 0.25) is 0 Å². The fourth-order valence-corrected chi connectivity index (χ4v) is 1.52. The topological polar surface area (TPSA) is 70.7 Å². The Kier molecular flexibility index (Phi) is 6.17. The third-order valence-corrected chi connectivity index (χ3v) is 2.56. The first-order chi connectivity index (χ1) is 9.78. The Balaban J connectivity index is 2.30. The van der Waals surface area contributed by atoms with Crippen LogP contribution in [0.1, 0.15) is 32.8 Å². The predicted molar refractivity (Wildman–Crippen MR) is 79.7 cm³/mol. The van der Waals surface area contributed by atoms with E-state index < -0.39 is 5.97 Å². The highest BCUT2D eigenvalue weighted by molar-refractivity contribution is 5.74. The molecule has 116 valence electrons. The molecular weight excluding hydrogens is 270 g/mol. The summed E-state index contributed by atoms with van der Waals surface area (Å²) in [6, 6.07) is 9.15. The van der Waals surface area contributed by atoms with Gasteiger partial charge in [-0.2, -0.15) is 0 Å². The molecule has 0 atom stereocenters. The number of amides is 2. The average Bonchev–Trinajstić information content (AvgIpc) is 2.41. The van der Waals surface area contributed by atoms with Gasteiger partial charge in [-0.1, -0.05) is 56.7 Å². The Labute approximate surface area is 125 Å². The third kappa shape index (κ3) is 7.31. The molecule has 6 nitrogen and oxygen atoms in total. The number of hydrogen-bond donors (Lipinski definition) is 2. The lowest BCUT2D eigenvalue weighted by atomic mass is 9.93. The summed E-state index contributed by atoms with van der Waals surface area (Å²) in [6.07, 6.45) is 0.263. The molecule has 21 heavy (non-hydrogen) atoms. The lowest BCUT2D eigenvalue weighted by Crippen LogP contribution is -2.46. The number of nitrogens with one attached hydrogen (secondary N) is 2. The van der Waals surface area contributed by atoms with Crippen molar-refractivity contribution in [3.8, 4) is 0 Å². The van der Waals surface area contributed by atoms with Crippen LogP contribution < -0.4 is 10.9 Å². The van der Waals surface area contributed by atoms with E-state index in [0.29, 0.717) is 6.54 Å². The molecule has 0 aliphatic rings. The van der Waals surface area contributed by atoms with E-state index in [1.807, 2.05) is 51.1 Å². The molecule has 6 heteroatoms. The normalized spacial score (nSPS) is 10.9. The van der Waals surface area contributed by atoms with Gasteiger partial charge in [0, 0.05) is 13.6 Å². The Morgan fingerprint density at radius 3 is 2.38 bits per heavy atom. The molecule has 0 spiro atoms. The number of hydrogen-bond acceptors (Lipinski definition) is 4. The zero-order valence-corrected chi connectivity index (χ0v) is 13.0. The maximum atomic E-state index is 11.8. The molecule has 2 amide bonds. The van der Waals surface area contributed by atoms with Gasteiger partial charge in [-0.15, -0.1) is 0 Å². The van der Waals surface area contributed by atoms with Gasteiger partial charge in [-0.3, -0.25) is 4.79 Å². The third-order valence-electron chi connectivity index (χ3n) is 2.56. The van der Waals surface area contributed by atoms with Crippen molar-refractivity contribution >= 4 is 12.0 Å². The van der Waals surface area contributed by atoms with E-state index in [2.05, 4.69) is 10.9 Å². The van der Waals surface area contributed by atoms with E-state index in [4.69, 9.17) is 4.84 Å². The van der Waals surface area contributed by atoms with E-state index in [-0.39, 0.29) is 17.9 Å². The number of rotatable bonds is 5. The Morgan fingerprint density at radius 2 is 1.81 bits per heavy atom. The van der Waals surface area contributed by atoms with Crippen LogP contribution in [-0.2, 0) is 16.2 Å². The molecule has 1 rings (SSSR count). The van der Waals surface area contributed by atoms with Crippen LogP contribution in [0.25, 0.3) is 0 Å². The summed E-state index contributed by atoms with van der Waals surface area (Å²) in [7, 11) is 1.48. The second kappa shape index (κ2) is 7.64. The Bertz CT molecular complexity index is 469. The fraction of sp³-hybridized carbons (Fsp3) is 0.467. The lowest BCUT2D eigenvalue weighted by molar-refractivity contribution is -0.162. The minimum absolute atomic E-state index is 0.160. The number of nitrogens with zero attached hydrogens (tertiary/aromatic N) is 1. The van der Waals surface area contributed by atoms with Gasteiger partial charge in [-0.25, -0.2) is 9.80 Å². The number of urea groups is 1. The maximum absolute atomic E-state index is 11.8. The van der Waals surface area contributed by atoms with Crippen LogP contribution in [-0.4, -0.2) is 24.1 Å². The van der Waals surface area contributed by atoms with Crippen molar-refractivity contribution < 1.29 is 14.4 Å². The maximum Gasteiger partial charge on any atom is 0.334 e. The van der Waals surface area contributed by atoms with Crippen molar-refractivity contribution in [1.29, 1.82) is 0 Å². The van der Waals surface area contributed by atoms with Crippen molar-refractivity contribution in [2.75, 3.05) is 7.05 Å². The molecule has 1 aromatic carbocycles. The Hall–Kier alpha value is -2.08. The fourth-order valence-electron chi connectivity index (χ4n) is 1.52. The molecule has 0 aromatic heterocycles. The van der Waals surface area contributed by atoms with Gasteiger partial charge in [0.25, 0.3) is 0 Å². The summed E-state index contributed by atoms with van der Waals surface area (Å²) in [4.78, 5) is 28.1. The SMILES string of the molecule is CN(NOC(=O)CC(C)(C)C)C(=O)NCc1ccccc1. The minimum Gasteiger partial charge on any atom is -0.351 e.